The fourth-order valence-electron chi connectivity index (χ4n) is 6.37. The minimum atomic E-state index is -2.79. The molecule has 0 bridgehead atoms. The van der Waals surface area contributed by atoms with Gasteiger partial charge in [-0.1, -0.05) is 12.1 Å². The number of esters is 1. The van der Waals surface area contributed by atoms with Gasteiger partial charge in [0.05, 0.1) is 36.4 Å². The van der Waals surface area contributed by atoms with Gasteiger partial charge in [0.25, 0.3) is 5.17 Å². The summed E-state index contributed by atoms with van der Waals surface area (Å²) in [5.74, 6) is -6.07. The lowest BCUT2D eigenvalue weighted by atomic mass is 9.77. The predicted octanol–water partition coefficient (Wildman–Crippen LogP) is 0.529. The molecule has 3 aliphatic heterocycles. The van der Waals surface area contributed by atoms with Gasteiger partial charge in [0.1, 0.15) is 41.3 Å². The van der Waals surface area contributed by atoms with E-state index >= 15 is 0 Å². The number of fused-ring (bicyclic) bond motifs is 6. The van der Waals surface area contributed by atoms with Crippen LogP contribution >= 0.6 is 12.2 Å². The van der Waals surface area contributed by atoms with Crippen LogP contribution in [0.1, 0.15) is 40.4 Å². The second-order valence-electron chi connectivity index (χ2n) is 11.7. The zero-order valence-electron chi connectivity index (χ0n) is 25.4. The van der Waals surface area contributed by atoms with Gasteiger partial charge < -0.3 is 65.3 Å². The Kier molecular flexibility index (Phi) is 8.60. The molecular formula is C32H30N2O14S. The first-order valence-electron chi connectivity index (χ1n) is 14.8. The highest BCUT2D eigenvalue weighted by Gasteiger charge is 2.58. The van der Waals surface area contributed by atoms with E-state index in [4.69, 9.17) is 31.2 Å². The topological polar surface area (TPSA) is 254 Å². The average molecular weight is 699 g/mol. The number of ether oxygens (including phenoxy) is 4. The van der Waals surface area contributed by atoms with Crippen LogP contribution in [0.2, 0.25) is 0 Å². The molecule has 3 aromatic carbocycles. The molecule has 1 saturated heterocycles. The molecule has 9 N–H and O–H groups in total. The molecule has 6 atom stereocenters. The van der Waals surface area contributed by atoms with E-state index in [0.717, 1.165) is 6.92 Å². The van der Waals surface area contributed by atoms with E-state index in [0.29, 0.717) is 16.7 Å². The summed E-state index contributed by atoms with van der Waals surface area (Å²) >= 11 is 5.33. The van der Waals surface area contributed by atoms with Gasteiger partial charge in [-0.3, -0.25) is 4.79 Å². The zero-order chi connectivity index (χ0) is 35.4. The number of aliphatic hydroxyl groups is 4. The van der Waals surface area contributed by atoms with Crippen molar-refractivity contribution in [2.45, 2.75) is 55.2 Å². The summed E-state index contributed by atoms with van der Waals surface area (Å²) < 4.78 is 23.2. The number of nitrogens with one attached hydrogen (secondary N) is 2. The van der Waals surface area contributed by atoms with Crippen molar-refractivity contribution < 1.29 is 69.1 Å². The van der Waals surface area contributed by atoms with Gasteiger partial charge in [-0.15, -0.1) is 0 Å². The van der Waals surface area contributed by atoms with E-state index < -0.39 is 77.9 Å². The van der Waals surface area contributed by atoms with Gasteiger partial charge in [-0.25, -0.2) is 9.59 Å². The van der Waals surface area contributed by atoms with Crippen LogP contribution in [0.15, 0.2) is 54.6 Å². The smallest absolute Gasteiger partial charge is 0.377 e. The molecule has 1 amide bonds. The number of thiocarbonyl (C=S) groups is 1. The number of carboxylic acids is 1. The van der Waals surface area contributed by atoms with Crippen LogP contribution in [0, 0.1) is 0 Å². The molecule has 1 spiro atoms. The van der Waals surface area contributed by atoms with Gasteiger partial charge in [-0.2, -0.15) is 0 Å². The summed E-state index contributed by atoms with van der Waals surface area (Å²) in [5.41, 5.74) is -0.645. The number of carbonyl (C=O) groups excluding carboxylic acids is 2. The van der Waals surface area contributed by atoms with Crippen LogP contribution in [0.25, 0.3) is 0 Å². The Labute approximate surface area is 282 Å². The third-order valence-corrected chi connectivity index (χ3v) is 8.67. The van der Waals surface area contributed by atoms with Crippen molar-refractivity contribution in [3.05, 3.63) is 76.9 Å². The number of benzene rings is 3. The lowest BCUT2D eigenvalue weighted by Gasteiger charge is -2.46. The molecule has 0 aliphatic carbocycles. The minimum Gasteiger partial charge on any atom is -0.508 e. The molecular weight excluding hydrogens is 668 g/mol. The van der Waals surface area contributed by atoms with Gasteiger partial charge in [-0.05, 0) is 42.5 Å². The zero-order valence-corrected chi connectivity index (χ0v) is 26.2. The SMILES string of the molecule is CC(=O)N[C@H]1[C@H]([C@H](O)[C@H](O)CO)O[C@](OC(=S)Nc2cccc3c2C(=O)OC32c3ccc(O)cc3Oc3cc(O)ccc32)(C(=O)O)C[C@@H]1O. The molecule has 0 aromatic heterocycles. The molecule has 0 saturated carbocycles. The number of hydrogen-bond donors (Lipinski definition) is 9. The number of amides is 1. The third-order valence-electron chi connectivity index (χ3n) is 8.48. The van der Waals surface area contributed by atoms with Crippen molar-refractivity contribution in [3.63, 3.8) is 0 Å². The highest BCUT2D eigenvalue weighted by Crippen LogP contribution is 2.57. The number of anilines is 1. The quantitative estimate of drug-likeness (QED) is 0.120. The van der Waals surface area contributed by atoms with Crippen molar-refractivity contribution in [2.75, 3.05) is 11.9 Å². The van der Waals surface area contributed by atoms with E-state index in [9.17, 15) is 50.1 Å². The second-order valence-corrected chi connectivity index (χ2v) is 12.0. The molecule has 3 heterocycles. The van der Waals surface area contributed by atoms with Crippen LogP contribution in [-0.4, -0.2) is 102 Å². The van der Waals surface area contributed by atoms with Crippen molar-refractivity contribution in [2.24, 2.45) is 0 Å². The Morgan fingerprint density at radius 2 is 1.67 bits per heavy atom. The first-order chi connectivity index (χ1) is 23.2. The van der Waals surface area contributed by atoms with Crippen LogP contribution in [0.4, 0.5) is 5.69 Å². The fourth-order valence-corrected chi connectivity index (χ4v) is 6.61. The summed E-state index contributed by atoms with van der Waals surface area (Å²) in [6, 6.07) is 11.6. The number of rotatable bonds is 7. The third kappa shape index (κ3) is 5.65. The molecule has 49 heavy (non-hydrogen) atoms. The predicted molar refractivity (Wildman–Crippen MR) is 168 cm³/mol. The summed E-state index contributed by atoms with van der Waals surface area (Å²) in [4.78, 5) is 38.1. The molecule has 0 unspecified atom stereocenters. The van der Waals surface area contributed by atoms with Crippen LogP contribution in [-0.2, 0) is 29.4 Å². The maximum absolute atomic E-state index is 13.7. The number of aromatic hydroxyl groups is 2. The van der Waals surface area contributed by atoms with Gasteiger partial charge in [0, 0.05) is 35.7 Å². The Hall–Kier alpha value is -5.04. The van der Waals surface area contributed by atoms with Crippen molar-refractivity contribution in [1.29, 1.82) is 0 Å². The van der Waals surface area contributed by atoms with E-state index in [-0.39, 0.29) is 34.2 Å². The maximum atomic E-state index is 13.7. The van der Waals surface area contributed by atoms with Crippen LogP contribution in [0.5, 0.6) is 23.0 Å². The highest BCUT2D eigenvalue weighted by molar-refractivity contribution is 7.80. The Bertz CT molecular complexity index is 1820. The second kappa shape index (κ2) is 12.4. The molecule has 258 valence electrons. The van der Waals surface area contributed by atoms with Gasteiger partial charge >= 0.3 is 17.7 Å². The van der Waals surface area contributed by atoms with Gasteiger partial charge in [0.15, 0.2) is 5.60 Å². The number of phenolic OH excluding ortho intramolecular Hbond substituents is 2. The van der Waals surface area contributed by atoms with Crippen LogP contribution < -0.4 is 15.4 Å². The highest BCUT2D eigenvalue weighted by atomic mass is 32.1. The fraction of sp³-hybridized carbons (Fsp3) is 0.312. The van der Waals surface area contributed by atoms with Crippen molar-refractivity contribution >= 4 is 40.9 Å². The largest absolute Gasteiger partial charge is 0.508 e. The average Bonchev–Trinajstić information content (AvgIpc) is 3.33. The van der Waals surface area contributed by atoms with E-state index in [1.165, 1.54) is 42.5 Å². The summed E-state index contributed by atoms with van der Waals surface area (Å²) in [6.45, 7) is 0.136. The Morgan fingerprint density at radius 3 is 2.24 bits per heavy atom. The molecule has 1 fully saturated rings. The number of hydrogen-bond acceptors (Lipinski definition) is 14. The lowest BCUT2D eigenvalue weighted by Crippen LogP contribution is -2.68. The minimum absolute atomic E-state index is 0.0110. The summed E-state index contributed by atoms with van der Waals surface area (Å²) in [6.07, 6.45) is -8.21. The number of phenols is 2. The molecule has 16 nitrogen and oxygen atoms in total. The summed E-state index contributed by atoms with van der Waals surface area (Å²) in [7, 11) is 0. The first kappa shape index (κ1) is 33.8. The number of aliphatic carboxylic acids is 1. The molecule has 3 aliphatic rings. The van der Waals surface area contributed by atoms with Gasteiger partial charge in [0.2, 0.25) is 5.91 Å². The molecule has 0 radical (unpaired) electrons. The Morgan fingerprint density at radius 1 is 1.04 bits per heavy atom. The van der Waals surface area contributed by atoms with E-state index in [1.54, 1.807) is 12.1 Å². The van der Waals surface area contributed by atoms with E-state index in [1.807, 2.05) is 0 Å². The standard InChI is InChI=1S/C32H30N2O14S/c1-13(36)33-25-20(39)11-31(29(43)44,46-27(25)26(41)21(40)12-35)48-30(49)34-19-4-2-3-18-24(19)28(42)47-32(18)16-7-5-14(37)9-22(16)45-23-10-15(38)6-8-17(23)32/h2-10,20-21,25-27,35,37-41H,11-12H2,1H3,(H,33,36)(H,34,49)(H,43,44)/t20-,21+,25+,26+,27+,31+/m0/s1. The first-order valence-corrected chi connectivity index (χ1v) is 15.2. The van der Waals surface area contributed by atoms with Crippen molar-refractivity contribution in [1.82, 2.24) is 5.32 Å². The van der Waals surface area contributed by atoms with E-state index in [2.05, 4.69) is 10.6 Å². The Balaban J connectivity index is 1.36. The monoisotopic (exact) mass is 698 g/mol. The lowest BCUT2D eigenvalue weighted by molar-refractivity contribution is -0.288. The molecule has 17 heteroatoms. The molecule has 6 rings (SSSR count). The van der Waals surface area contributed by atoms with Crippen molar-refractivity contribution in [3.8, 4) is 23.0 Å². The number of carboxylic acid groups (broad SMARTS) is 1. The van der Waals surface area contributed by atoms with Crippen LogP contribution in [0.3, 0.4) is 0 Å². The normalized spacial score (nSPS) is 24.3. The number of carbonyl (C=O) groups is 3. The molecule has 3 aromatic rings. The maximum Gasteiger partial charge on any atom is 0.377 e. The number of aliphatic hydroxyl groups excluding tert-OH is 4. The summed E-state index contributed by atoms with van der Waals surface area (Å²) in [5, 5.41) is 76.0.